The summed E-state index contributed by atoms with van der Waals surface area (Å²) < 4.78 is 57.1. The maximum absolute atomic E-state index is 13.5. The summed E-state index contributed by atoms with van der Waals surface area (Å²) in [6.45, 7) is 1.98. The Kier molecular flexibility index (Phi) is 7.42. The van der Waals surface area contributed by atoms with Gasteiger partial charge >= 0.3 is 0 Å². The molecule has 0 N–H and O–H groups in total. The predicted molar refractivity (Wildman–Crippen MR) is 119 cm³/mol. The monoisotopic (exact) mass is 478 g/mol. The number of carbonyl (C=O) groups is 1. The van der Waals surface area contributed by atoms with Crippen molar-refractivity contribution < 1.29 is 26.5 Å². The topological polar surface area (TPSA) is 96.6 Å². The Hall–Kier alpha value is -3.34. The van der Waals surface area contributed by atoms with E-state index in [1.54, 1.807) is 7.05 Å². The quantitative estimate of drug-likeness (QED) is 0.467. The van der Waals surface area contributed by atoms with Crippen molar-refractivity contribution in [1.82, 2.24) is 15.0 Å². The first kappa shape index (κ1) is 24.3. The molecule has 0 fully saturated rings. The molecule has 3 aromatic rings. The van der Waals surface area contributed by atoms with Gasteiger partial charge < -0.3 is 9.42 Å². The van der Waals surface area contributed by atoms with Gasteiger partial charge in [0, 0.05) is 31.6 Å². The van der Waals surface area contributed by atoms with E-state index in [2.05, 4.69) is 10.1 Å². The van der Waals surface area contributed by atoms with Crippen LogP contribution in [0.4, 0.5) is 14.5 Å². The lowest BCUT2D eigenvalue weighted by Crippen LogP contribution is -2.32. The molecule has 0 saturated heterocycles. The second kappa shape index (κ2) is 10.1. The molecule has 0 aliphatic carbocycles. The van der Waals surface area contributed by atoms with Crippen LogP contribution in [0.15, 0.2) is 47.0 Å². The van der Waals surface area contributed by atoms with E-state index >= 15 is 0 Å². The number of aromatic nitrogens is 2. The van der Waals surface area contributed by atoms with Gasteiger partial charge in [0.15, 0.2) is 11.6 Å². The Balaban J connectivity index is 1.58. The molecule has 8 nitrogen and oxygen atoms in total. The number of hydrogen-bond donors (Lipinski definition) is 0. The first-order chi connectivity index (χ1) is 15.5. The van der Waals surface area contributed by atoms with Crippen LogP contribution in [0.2, 0.25) is 0 Å². The second-order valence-corrected chi connectivity index (χ2v) is 9.57. The van der Waals surface area contributed by atoms with Gasteiger partial charge in [0.25, 0.3) is 0 Å². The number of halogens is 2. The van der Waals surface area contributed by atoms with Gasteiger partial charge in [-0.2, -0.15) is 4.98 Å². The highest BCUT2D eigenvalue weighted by Gasteiger charge is 2.20. The third kappa shape index (κ3) is 6.35. The van der Waals surface area contributed by atoms with Gasteiger partial charge in [0.1, 0.15) is 0 Å². The molecule has 0 bridgehead atoms. The van der Waals surface area contributed by atoms with Crippen molar-refractivity contribution in [2.75, 3.05) is 24.2 Å². The summed E-state index contributed by atoms with van der Waals surface area (Å²) in [5.41, 5.74) is 1.85. The molecule has 1 amide bonds. The Morgan fingerprint density at radius 2 is 1.88 bits per heavy atom. The van der Waals surface area contributed by atoms with Crippen LogP contribution in [0.1, 0.15) is 24.3 Å². The number of carbonyl (C=O) groups excluding carboxylic acids is 1. The largest absolute Gasteiger partial charge is 0.337 e. The first-order valence-corrected chi connectivity index (χ1v) is 12.0. The number of benzene rings is 2. The molecule has 0 unspecified atom stereocenters. The fourth-order valence-corrected chi connectivity index (χ4v) is 4.16. The number of sulfonamides is 1. The highest BCUT2D eigenvalue weighted by Crippen LogP contribution is 2.21. The minimum absolute atomic E-state index is 0.00765. The van der Waals surface area contributed by atoms with Crippen molar-refractivity contribution in [2.24, 2.45) is 0 Å². The van der Waals surface area contributed by atoms with E-state index in [-0.39, 0.29) is 43.4 Å². The Labute approximate surface area is 190 Å². The first-order valence-electron chi connectivity index (χ1n) is 10.1. The van der Waals surface area contributed by atoms with Crippen LogP contribution in [0, 0.1) is 18.6 Å². The molecule has 1 aromatic heterocycles. The molecule has 0 aliphatic rings. The summed E-state index contributed by atoms with van der Waals surface area (Å²) in [7, 11) is -2.18. The number of nitrogens with zero attached hydrogens (tertiary/aromatic N) is 4. The third-order valence-corrected chi connectivity index (χ3v) is 6.08. The number of hydrogen-bond acceptors (Lipinski definition) is 6. The minimum Gasteiger partial charge on any atom is -0.337 e. The van der Waals surface area contributed by atoms with Crippen molar-refractivity contribution in [3.63, 3.8) is 0 Å². The number of aryl methyl sites for hydroxylation is 1. The maximum atomic E-state index is 13.5. The van der Waals surface area contributed by atoms with Gasteiger partial charge in [-0.25, -0.2) is 17.2 Å². The van der Waals surface area contributed by atoms with Crippen molar-refractivity contribution in [3.05, 3.63) is 65.6 Å². The highest BCUT2D eigenvalue weighted by atomic mass is 32.2. The molecular formula is C22H24F2N4O4S. The van der Waals surface area contributed by atoms with Crippen LogP contribution in [-0.2, 0) is 21.4 Å². The van der Waals surface area contributed by atoms with Crippen LogP contribution in [0.5, 0.6) is 0 Å². The molecule has 0 saturated carbocycles. The van der Waals surface area contributed by atoms with Gasteiger partial charge in [-0.3, -0.25) is 9.10 Å². The van der Waals surface area contributed by atoms with Crippen LogP contribution < -0.4 is 4.31 Å². The molecule has 3 rings (SSSR count). The van der Waals surface area contributed by atoms with Crippen molar-refractivity contribution >= 4 is 21.6 Å². The normalized spacial score (nSPS) is 11.4. The van der Waals surface area contributed by atoms with E-state index in [4.69, 9.17) is 4.52 Å². The summed E-state index contributed by atoms with van der Waals surface area (Å²) in [5.74, 6) is -1.80. The molecular weight excluding hydrogens is 454 g/mol. The fraction of sp³-hybridized carbons (Fsp3) is 0.318. The SMILES string of the molecule is Cc1cccc(-c2noc(CN(C)C(=O)CCCN(c3ccc(F)c(F)c3)S(C)(=O)=O)n2)c1. The Bertz CT molecular complexity index is 1250. The molecule has 1 heterocycles. The number of amides is 1. The fourth-order valence-electron chi connectivity index (χ4n) is 3.20. The van der Waals surface area contributed by atoms with E-state index in [1.807, 2.05) is 31.2 Å². The Morgan fingerprint density at radius 3 is 2.55 bits per heavy atom. The van der Waals surface area contributed by atoms with Crippen LogP contribution in [0.25, 0.3) is 11.4 Å². The average Bonchev–Trinajstić information content (AvgIpc) is 3.21. The smallest absolute Gasteiger partial charge is 0.246 e. The average molecular weight is 479 g/mol. The molecule has 176 valence electrons. The molecule has 11 heteroatoms. The summed E-state index contributed by atoms with van der Waals surface area (Å²) in [5, 5.41) is 3.94. The molecule has 0 aliphatic heterocycles. The summed E-state index contributed by atoms with van der Waals surface area (Å²) in [4.78, 5) is 18.2. The number of rotatable bonds is 9. The summed E-state index contributed by atoms with van der Waals surface area (Å²) in [6, 6.07) is 10.5. The van der Waals surface area contributed by atoms with Gasteiger partial charge in [-0.05, 0) is 31.5 Å². The van der Waals surface area contributed by atoms with E-state index in [9.17, 15) is 22.0 Å². The second-order valence-electron chi connectivity index (χ2n) is 7.67. The number of anilines is 1. The Morgan fingerprint density at radius 1 is 1.12 bits per heavy atom. The standard InChI is InChI=1S/C22H24F2N4O4S/c1-15-6-4-7-16(12-15)22-25-20(32-26-22)14-27(2)21(29)8-5-11-28(33(3,30)31)17-9-10-18(23)19(24)13-17/h4,6-7,9-10,12-13H,5,8,11,14H2,1-3H3. The van der Waals surface area contributed by atoms with Crippen LogP contribution in [-0.4, -0.2) is 49.2 Å². The zero-order valence-corrected chi connectivity index (χ0v) is 19.3. The van der Waals surface area contributed by atoms with E-state index in [1.165, 1.54) is 11.0 Å². The molecule has 0 radical (unpaired) electrons. The maximum Gasteiger partial charge on any atom is 0.246 e. The zero-order valence-electron chi connectivity index (χ0n) is 18.5. The molecule has 2 aromatic carbocycles. The van der Waals surface area contributed by atoms with Crippen molar-refractivity contribution in [2.45, 2.75) is 26.3 Å². The van der Waals surface area contributed by atoms with E-state index in [0.29, 0.717) is 5.82 Å². The van der Waals surface area contributed by atoms with Gasteiger partial charge in [-0.1, -0.05) is 28.9 Å². The van der Waals surface area contributed by atoms with Crippen molar-refractivity contribution in [1.29, 1.82) is 0 Å². The lowest BCUT2D eigenvalue weighted by molar-refractivity contribution is -0.130. The highest BCUT2D eigenvalue weighted by molar-refractivity contribution is 7.92. The third-order valence-electron chi connectivity index (χ3n) is 4.89. The lowest BCUT2D eigenvalue weighted by Gasteiger charge is -2.23. The van der Waals surface area contributed by atoms with Gasteiger partial charge in [0.05, 0.1) is 18.5 Å². The molecule has 0 atom stereocenters. The zero-order chi connectivity index (χ0) is 24.2. The lowest BCUT2D eigenvalue weighted by atomic mass is 10.1. The van der Waals surface area contributed by atoms with Crippen LogP contribution in [0.3, 0.4) is 0 Å². The van der Waals surface area contributed by atoms with Crippen molar-refractivity contribution in [3.8, 4) is 11.4 Å². The van der Waals surface area contributed by atoms with Crippen LogP contribution >= 0.6 is 0 Å². The molecule has 33 heavy (non-hydrogen) atoms. The van der Waals surface area contributed by atoms with E-state index < -0.39 is 21.7 Å². The summed E-state index contributed by atoms with van der Waals surface area (Å²) in [6.07, 6.45) is 1.17. The molecule has 0 spiro atoms. The van der Waals surface area contributed by atoms with E-state index in [0.717, 1.165) is 33.8 Å². The minimum atomic E-state index is -3.75. The predicted octanol–water partition coefficient (Wildman–Crippen LogP) is 3.53. The summed E-state index contributed by atoms with van der Waals surface area (Å²) >= 11 is 0. The van der Waals surface area contributed by atoms with Gasteiger partial charge in [0.2, 0.25) is 27.6 Å². The van der Waals surface area contributed by atoms with Gasteiger partial charge in [-0.15, -0.1) is 0 Å².